The van der Waals surface area contributed by atoms with Crippen LogP contribution in [0.5, 0.6) is 5.75 Å². The lowest BCUT2D eigenvalue weighted by Crippen LogP contribution is -2.27. The lowest BCUT2D eigenvalue weighted by molar-refractivity contribution is -0.117. The minimum absolute atomic E-state index is 0.0833. The highest BCUT2D eigenvalue weighted by molar-refractivity contribution is 7.89. The van der Waals surface area contributed by atoms with E-state index in [-0.39, 0.29) is 16.8 Å². The number of carbonyl (C=O) groups is 1. The summed E-state index contributed by atoms with van der Waals surface area (Å²) in [5.74, 6) is 0.802. The van der Waals surface area contributed by atoms with Crippen LogP contribution in [0.15, 0.2) is 47.4 Å². The number of rotatable bonds is 6. The Kier molecular flexibility index (Phi) is 5.53. The number of amides is 1. The number of ether oxygens (including phenoxy) is 1. The van der Waals surface area contributed by atoms with Crippen molar-refractivity contribution in [3.05, 3.63) is 53.6 Å². The van der Waals surface area contributed by atoms with Crippen LogP contribution in [-0.2, 0) is 14.8 Å². The summed E-state index contributed by atoms with van der Waals surface area (Å²) in [5, 5.41) is 0. The van der Waals surface area contributed by atoms with Crippen molar-refractivity contribution in [2.75, 3.05) is 18.6 Å². The van der Waals surface area contributed by atoms with Crippen LogP contribution in [-0.4, -0.2) is 28.0 Å². The van der Waals surface area contributed by atoms with Gasteiger partial charge >= 0.3 is 0 Å². The fraction of sp³-hybridized carbons (Fsp3) is 0.350. The first-order valence-corrected chi connectivity index (χ1v) is 10.4. The number of methoxy groups -OCH3 is 1. The molecule has 1 unspecified atom stereocenters. The monoisotopic (exact) mass is 388 g/mol. The third-order valence-electron chi connectivity index (χ3n) is 4.79. The molecule has 7 heteroatoms. The molecule has 1 heterocycles. The molecule has 0 spiro atoms. The number of hydrogen-bond acceptors (Lipinski definition) is 4. The van der Waals surface area contributed by atoms with Gasteiger partial charge in [0.25, 0.3) is 0 Å². The summed E-state index contributed by atoms with van der Waals surface area (Å²) in [7, 11) is -2.10. The predicted octanol–water partition coefficient (Wildman–Crippen LogP) is 3.17. The third-order valence-corrected chi connectivity index (χ3v) is 6.33. The lowest BCUT2D eigenvalue weighted by atomic mass is 10.1. The van der Waals surface area contributed by atoms with Crippen LogP contribution in [0.25, 0.3) is 0 Å². The van der Waals surface area contributed by atoms with Gasteiger partial charge in [-0.25, -0.2) is 13.1 Å². The van der Waals surface area contributed by atoms with Crippen LogP contribution in [0.3, 0.4) is 0 Å². The highest BCUT2D eigenvalue weighted by Crippen LogP contribution is 2.28. The Labute approximate surface area is 160 Å². The minimum atomic E-state index is -3.68. The average Bonchev–Trinajstić information content (AvgIpc) is 3.07. The van der Waals surface area contributed by atoms with E-state index in [1.165, 1.54) is 0 Å². The Bertz CT molecular complexity index is 939. The van der Waals surface area contributed by atoms with Crippen LogP contribution in [0.1, 0.15) is 36.9 Å². The Balaban J connectivity index is 1.79. The van der Waals surface area contributed by atoms with Crippen molar-refractivity contribution in [3.63, 3.8) is 0 Å². The first kappa shape index (κ1) is 19.4. The van der Waals surface area contributed by atoms with Gasteiger partial charge in [0, 0.05) is 24.7 Å². The summed E-state index contributed by atoms with van der Waals surface area (Å²) in [6, 6.07) is 11.8. The number of nitrogens with one attached hydrogen (secondary N) is 1. The molecule has 1 aliphatic rings. The van der Waals surface area contributed by atoms with Gasteiger partial charge in [-0.05, 0) is 61.7 Å². The predicted molar refractivity (Wildman–Crippen MR) is 104 cm³/mol. The van der Waals surface area contributed by atoms with Gasteiger partial charge < -0.3 is 9.64 Å². The first-order valence-electron chi connectivity index (χ1n) is 8.89. The van der Waals surface area contributed by atoms with Gasteiger partial charge in [-0.2, -0.15) is 0 Å². The minimum Gasteiger partial charge on any atom is -0.497 e. The van der Waals surface area contributed by atoms with Crippen molar-refractivity contribution in [1.29, 1.82) is 0 Å². The molecule has 0 aromatic heterocycles. The fourth-order valence-electron chi connectivity index (χ4n) is 3.26. The molecular weight excluding hydrogens is 364 g/mol. The number of hydrogen-bond donors (Lipinski definition) is 1. The van der Waals surface area contributed by atoms with Gasteiger partial charge in [-0.15, -0.1) is 0 Å². The van der Waals surface area contributed by atoms with Crippen LogP contribution < -0.4 is 14.4 Å². The Hall–Kier alpha value is -2.38. The molecule has 6 nitrogen and oxygen atoms in total. The zero-order valence-corrected chi connectivity index (χ0v) is 16.5. The van der Waals surface area contributed by atoms with E-state index in [1.807, 2.05) is 19.1 Å². The Morgan fingerprint density at radius 2 is 1.85 bits per heavy atom. The van der Waals surface area contributed by atoms with Crippen LogP contribution in [0.4, 0.5) is 5.69 Å². The molecule has 0 bridgehead atoms. The van der Waals surface area contributed by atoms with E-state index in [0.29, 0.717) is 13.0 Å². The number of benzene rings is 2. The number of aryl methyl sites for hydroxylation is 1. The summed E-state index contributed by atoms with van der Waals surface area (Å²) in [4.78, 5) is 13.9. The molecule has 1 aliphatic heterocycles. The number of sulfonamides is 1. The second-order valence-corrected chi connectivity index (χ2v) is 8.43. The van der Waals surface area contributed by atoms with Crippen molar-refractivity contribution in [2.24, 2.45) is 0 Å². The molecule has 1 saturated heterocycles. The normalized spacial score (nSPS) is 15.8. The van der Waals surface area contributed by atoms with Crippen molar-refractivity contribution < 1.29 is 17.9 Å². The molecule has 2 aromatic rings. The molecule has 144 valence electrons. The van der Waals surface area contributed by atoms with Crippen molar-refractivity contribution in [1.82, 2.24) is 4.72 Å². The lowest BCUT2D eigenvalue weighted by Gasteiger charge is -2.20. The summed E-state index contributed by atoms with van der Waals surface area (Å²) in [6.07, 6.45) is 1.37. The fourth-order valence-corrected chi connectivity index (χ4v) is 4.58. The Morgan fingerprint density at radius 3 is 2.41 bits per heavy atom. The van der Waals surface area contributed by atoms with E-state index in [9.17, 15) is 13.2 Å². The van der Waals surface area contributed by atoms with Gasteiger partial charge in [0.1, 0.15) is 5.75 Å². The molecule has 0 aliphatic carbocycles. The molecule has 0 saturated carbocycles. The van der Waals surface area contributed by atoms with E-state index in [1.54, 1.807) is 49.3 Å². The zero-order chi connectivity index (χ0) is 19.6. The second kappa shape index (κ2) is 7.70. The molecule has 1 N–H and O–H groups in total. The van der Waals surface area contributed by atoms with E-state index in [0.717, 1.165) is 29.0 Å². The highest BCUT2D eigenvalue weighted by atomic mass is 32.2. The van der Waals surface area contributed by atoms with Crippen LogP contribution in [0, 0.1) is 6.92 Å². The van der Waals surface area contributed by atoms with E-state index in [4.69, 9.17) is 4.74 Å². The van der Waals surface area contributed by atoms with Crippen molar-refractivity contribution in [2.45, 2.75) is 37.6 Å². The van der Waals surface area contributed by atoms with Gasteiger partial charge in [-0.3, -0.25) is 4.79 Å². The number of carbonyl (C=O) groups excluding carboxylic acids is 1. The summed E-state index contributed by atoms with van der Waals surface area (Å²) < 4.78 is 33.4. The van der Waals surface area contributed by atoms with Crippen molar-refractivity contribution in [3.8, 4) is 5.75 Å². The molecule has 27 heavy (non-hydrogen) atoms. The quantitative estimate of drug-likeness (QED) is 0.825. The van der Waals surface area contributed by atoms with Gasteiger partial charge in [0.2, 0.25) is 15.9 Å². The zero-order valence-electron chi connectivity index (χ0n) is 15.7. The van der Waals surface area contributed by atoms with E-state index in [2.05, 4.69) is 4.72 Å². The van der Waals surface area contributed by atoms with Crippen LogP contribution >= 0.6 is 0 Å². The average molecular weight is 388 g/mol. The molecule has 1 amide bonds. The van der Waals surface area contributed by atoms with Crippen LogP contribution in [0.2, 0.25) is 0 Å². The maximum atomic E-state index is 12.8. The smallest absolute Gasteiger partial charge is 0.241 e. The maximum Gasteiger partial charge on any atom is 0.241 e. The van der Waals surface area contributed by atoms with Gasteiger partial charge in [0.15, 0.2) is 0 Å². The highest BCUT2D eigenvalue weighted by Gasteiger charge is 2.25. The van der Waals surface area contributed by atoms with Crippen molar-refractivity contribution >= 4 is 21.6 Å². The molecule has 2 aromatic carbocycles. The van der Waals surface area contributed by atoms with Gasteiger partial charge in [0.05, 0.1) is 12.0 Å². The summed E-state index contributed by atoms with van der Waals surface area (Å²) >= 11 is 0. The number of nitrogens with zero attached hydrogens (tertiary/aromatic N) is 1. The third kappa shape index (κ3) is 4.14. The molecule has 0 radical (unpaired) electrons. The Morgan fingerprint density at radius 1 is 1.15 bits per heavy atom. The van der Waals surface area contributed by atoms with E-state index >= 15 is 0 Å². The summed E-state index contributed by atoms with van der Waals surface area (Å²) in [6.45, 7) is 4.30. The maximum absolute atomic E-state index is 12.8. The molecule has 1 atom stereocenters. The molecule has 3 rings (SSSR count). The molecular formula is C20H24N2O4S. The topological polar surface area (TPSA) is 75.7 Å². The number of anilines is 1. The standard InChI is InChI=1S/C20H24N2O4S/c1-14-13-18(10-11-19(14)22-12-4-5-20(22)23)27(24,25)21-15(2)16-6-8-17(26-3)9-7-16/h6-11,13,15,21H,4-5,12H2,1-3H3. The first-order chi connectivity index (χ1) is 12.8. The molecule has 1 fully saturated rings. The largest absolute Gasteiger partial charge is 0.497 e. The van der Waals surface area contributed by atoms with Gasteiger partial charge in [-0.1, -0.05) is 12.1 Å². The summed E-state index contributed by atoms with van der Waals surface area (Å²) in [5.41, 5.74) is 2.39. The van der Waals surface area contributed by atoms with E-state index < -0.39 is 10.0 Å². The second-order valence-electron chi connectivity index (χ2n) is 6.71. The SMILES string of the molecule is COc1ccc(C(C)NS(=O)(=O)c2ccc(N3CCCC3=O)c(C)c2)cc1.